The van der Waals surface area contributed by atoms with Gasteiger partial charge in [-0.2, -0.15) is 4.98 Å². The van der Waals surface area contributed by atoms with Crippen molar-refractivity contribution < 1.29 is 9.66 Å². The molecule has 0 aliphatic rings. The molecule has 2 rings (SSSR count). The summed E-state index contributed by atoms with van der Waals surface area (Å²) in [5, 5.41) is 13.9. The van der Waals surface area contributed by atoms with Gasteiger partial charge in [0.25, 0.3) is 0 Å². The van der Waals surface area contributed by atoms with E-state index in [-0.39, 0.29) is 11.5 Å². The van der Waals surface area contributed by atoms with Crippen LogP contribution in [0.25, 0.3) is 0 Å². The van der Waals surface area contributed by atoms with Gasteiger partial charge in [0.1, 0.15) is 0 Å². The van der Waals surface area contributed by atoms with Crippen LogP contribution in [0.5, 0.6) is 5.88 Å². The summed E-state index contributed by atoms with van der Waals surface area (Å²) in [7, 11) is 1.47. The van der Waals surface area contributed by atoms with Crippen LogP contribution < -0.4 is 10.1 Å². The fourth-order valence-corrected chi connectivity index (χ4v) is 1.79. The Morgan fingerprint density at radius 3 is 2.65 bits per heavy atom. The third-order valence-electron chi connectivity index (χ3n) is 2.80. The van der Waals surface area contributed by atoms with Crippen LogP contribution in [0.1, 0.15) is 5.56 Å². The molecule has 20 heavy (non-hydrogen) atoms. The van der Waals surface area contributed by atoms with Gasteiger partial charge in [0.2, 0.25) is 11.7 Å². The second kappa shape index (κ2) is 6.51. The second-order valence-corrected chi connectivity index (χ2v) is 4.14. The Bertz CT molecular complexity index is 587. The van der Waals surface area contributed by atoms with Gasteiger partial charge in [0, 0.05) is 18.7 Å². The van der Waals surface area contributed by atoms with Crippen LogP contribution in [0.2, 0.25) is 0 Å². The van der Waals surface area contributed by atoms with Crippen LogP contribution in [0.4, 0.5) is 11.5 Å². The molecule has 0 spiro atoms. The van der Waals surface area contributed by atoms with Gasteiger partial charge in [-0.1, -0.05) is 30.3 Å². The van der Waals surface area contributed by atoms with E-state index in [9.17, 15) is 10.1 Å². The minimum Gasteiger partial charge on any atom is -0.481 e. The second-order valence-electron chi connectivity index (χ2n) is 4.14. The zero-order valence-corrected chi connectivity index (χ0v) is 11.1. The van der Waals surface area contributed by atoms with Crippen LogP contribution in [0.15, 0.2) is 42.5 Å². The lowest BCUT2D eigenvalue weighted by Gasteiger charge is -2.07. The van der Waals surface area contributed by atoms with Crippen molar-refractivity contribution in [1.29, 1.82) is 0 Å². The Morgan fingerprint density at radius 1 is 1.25 bits per heavy atom. The number of anilines is 1. The Morgan fingerprint density at radius 2 is 2.00 bits per heavy atom. The monoisotopic (exact) mass is 273 g/mol. The van der Waals surface area contributed by atoms with Crippen molar-refractivity contribution in [3.8, 4) is 5.88 Å². The normalized spacial score (nSPS) is 10.1. The minimum absolute atomic E-state index is 0.0566. The topological polar surface area (TPSA) is 77.3 Å². The summed E-state index contributed by atoms with van der Waals surface area (Å²) in [6.45, 7) is 0.561. The van der Waals surface area contributed by atoms with Gasteiger partial charge in [-0.05, 0) is 12.0 Å². The third kappa shape index (κ3) is 3.44. The number of nitrogens with zero attached hydrogens (tertiary/aromatic N) is 2. The summed E-state index contributed by atoms with van der Waals surface area (Å²) in [5.74, 6) is 0.572. The Balaban J connectivity index is 2.06. The number of nitro groups is 1. The largest absolute Gasteiger partial charge is 0.481 e. The van der Waals surface area contributed by atoms with E-state index in [1.54, 1.807) is 0 Å². The molecule has 0 saturated heterocycles. The SMILES string of the molecule is COc1ccc([N+](=O)[O-])c(NCCc2ccccc2)n1. The highest BCUT2D eigenvalue weighted by atomic mass is 16.6. The summed E-state index contributed by atoms with van der Waals surface area (Å²) in [6, 6.07) is 12.7. The van der Waals surface area contributed by atoms with Gasteiger partial charge in [0.05, 0.1) is 12.0 Å². The number of pyridine rings is 1. The average Bonchev–Trinajstić information content (AvgIpc) is 2.48. The Labute approximate surface area is 116 Å². The molecule has 0 saturated carbocycles. The maximum atomic E-state index is 10.9. The molecule has 1 N–H and O–H groups in total. The van der Waals surface area contributed by atoms with E-state index >= 15 is 0 Å². The first-order valence-corrected chi connectivity index (χ1v) is 6.18. The Hall–Kier alpha value is -2.63. The minimum atomic E-state index is -0.461. The van der Waals surface area contributed by atoms with E-state index < -0.39 is 4.92 Å². The van der Waals surface area contributed by atoms with E-state index in [1.807, 2.05) is 30.3 Å². The predicted molar refractivity (Wildman–Crippen MR) is 76.1 cm³/mol. The molecule has 1 heterocycles. The van der Waals surface area contributed by atoms with Crippen molar-refractivity contribution in [2.24, 2.45) is 0 Å². The lowest BCUT2D eigenvalue weighted by Crippen LogP contribution is -2.09. The molecule has 0 aliphatic heterocycles. The molecule has 104 valence electrons. The number of methoxy groups -OCH3 is 1. The number of hydrogen-bond acceptors (Lipinski definition) is 5. The van der Waals surface area contributed by atoms with Crippen molar-refractivity contribution in [2.45, 2.75) is 6.42 Å². The van der Waals surface area contributed by atoms with Gasteiger partial charge >= 0.3 is 5.69 Å². The molecule has 0 unspecified atom stereocenters. The van der Waals surface area contributed by atoms with Crippen molar-refractivity contribution in [3.63, 3.8) is 0 Å². The molecule has 6 nitrogen and oxygen atoms in total. The molecular formula is C14H15N3O3. The van der Waals surface area contributed by atoms with E-state index in [4.69, 9.17) is 4.74 Å². The maximum absolute atomic E-state index is 10.9. The van der Waals surface area contributed by atoms with Crippen molar-refractivity contribution in [1.82, 2.24) is 4.98 Å². The number of benzene rings is 1. The van der Waals surface area contributed by atoms with E-state index in [0.29, 0.717) is 12.4 Å². The van der Waals surface area contributed by atoms with Gasteiger partial charge in [-0.15, -0.1) is 0 Å². The Kier molecular flexibility index (Phi) is 4.49. The smallest absolute Gasteiger partial charge is 0.311 e. The van der Waals surface area contributed by atoms with E-state index in [1.165, 1.54) is 19.2 Å². The molecule has 0 fully saturated rings. The first kappa shape index (κ1) is 13.8. The van der Waals surface area contributed by atoms with Crippen LogP contribution in [-0.4, -0.2) is 23.6 Å². The number of ether oxygens (including phenoxy) is 1. The van der Waals surface area contributed by atoms with E-state index in [2.05, 4.69) is 10.3 Å². The lowest BCUT2D eigenvalue weighted by molar-refractivity contribution is -0.384. The molecule has 0 radical (unpaired) electrons. The van der Waals surface area contributed by atoms with Crippen molar-refractivity contribution in [2.75, 3.05) is 19.0 Å². The maximum Gasteiger partial charge on any atom is 0.311 e. The van der Waals surface area contributed by atoms with Crippen molar-refractivity contribution in [3.05, 3.63) is 58.1 Å². The zero-order valence-electron chi connectivity index (χ0n) is 11.1. The molecular weight excluding hydrogens is 258 g/mol. The number of nitrogens with one attached hydrogen (secondary N) is 1. The number of aromatic nitrogens is 1. The molecule has 6 heteroatoms. The molecule has 1 aromatic heterocycles. The highest BCUT2D eigenvalue weighted by Crippen LogP contribution is 2.24. The number of hydrogen-bond donors (Lipinski definition) is 1. The quantitative estimate of drug-likeness (QED) is 0.646. The third-order valence-corrected chi connectivity index (χ3v) is 2.80. The standard InChI is InChI=1S/C14H15N3O3/c1-20-13-8-7-12(17(18)19)14(16-13)15-10-9-11-5-3-2-4-6-11/h2-8H,9-10H2,1H3,(H,15,16). The summed E-state index contributed by atoms with van der Waals surface area (Å²) in [4.78, 5) is 14.5. The molecule has 0 amide bonds. The molecule has 0 atom stereocenters. The fraction of sp³-hybridized carbons (Fsp3) is 0.214. The van der Waals surface area contributed by atoms with Crippen LogP contribution >= 0.6 is 0 Å². The first-order valence-electron chi connectivity index (χ1n) is 6.18. The van der Waals surface area contributed by atoms with Gasteiger partial charge in [-0.3, -0.25) is 10.1 Å². The zero-order chi connectivity index (χ0) is 14.4. The van der Waals surface area contributed by atoms with Crippen molar-refractivity contribution >= 4 is 11.5 Å². The van der Waals surface area contributed by atoms with Gasteiger partial charge in [0.15, 0.2) is 0 Å². The van der Waals surface area contributed by atoms with Crippen LogP contribution in [-0.2, 0) is 6.42 Å². The van der Waals surface area contributed by atoms with Crippen LogP contribution in [0, 0.1) is 10.1 Å². The highest BCUT2D eigenvalue weighted by Gasteiger charge is 2.15. The summed E-state index contributed by atoms with van der Waals surface area (Å²) < 4.78 is 4.98. The summed E-state index contributed by atoms with van der Waals surface area (Å²) >= 11 is 0. The number of rotatable bonds is 6. The lowest BCUT2D eigenvalue weighted by atomic mass is 10.1. The fourth-order valence-electron chi connectivity index (χ4n) is 1.79. The molecule has 0 bridgehead atoms. The molecule has 2 aromatic rings. The molecule has 0 aliphatic carbocycles. The van der Waals surface area contributed by atoms with Gasteiger partial charge < -0.3 is 10.1 Å². The molecule has 1 aromatic carbocycles. The summed E-state index contributed by atoms with van der Waals surface area (Å²) in [6.07, 6.45) is 0.761. The predicted octanol–water partition coefficient (Wildman–Crippen LogP) is 2.65. The highest BCUT2D eigenvalue weighted by molar-refractivity contribution is 5.57. The first-order chi connectivity index (χ1) is 9.70. The van der Waals surface area contributed by atoms with Gasteiger partial charge in [-0.25, -0.2) is 0 Å². The summed E-state index contributed by atoms with van der Waals surface area (Å²) in [5.41, 5.74) is 1.10. The van der Waals surface area contributed by atoms with E-state index in [0.717, 1.165) is 12.0 Å². The van der Waals surface area contributed by atoms with Crippen LogP contribution in [0.3, 0.4) is 0 Å². The average molecular weight is 273 g/mol.